The molecule has 6 nitrogen and oxygen atoms in total. The third kappa shape index (κ3) is 4.32. The van der Waals surface area contributed by atoms with Crippen LogP contribution in [0.1, 0.15) is 38.2 Å². The van der Waals surface area contributed by atoms with Crippen molar-refractivity contribution in [2.75, 3.05) is 56.2 Å². The lowest BCUT2D eigenvalue weighted by molar-refractivity contribution is 0.166. The second-order valence-electron chi connectivity index (χ2n) is 8.39. The molecule has 2 fully saturated rings. The molecule has 1 aromatic heterocycles. The molecular weight excluding hydrogens is 362 g/mol. The van der Waals surface area contributed by atoms with Crippen LogP contribution in [-0.4, -0.2) is 67.3 Å². The van der Waals surface area contributed by atoms with E-state index in [1.807, 2.05) is 12.3 Å². The molecule has 1 aromatic carbocycles. The van der Waals surface area contributed by atoms with Gasteiger partial charge in [-0.15, -0.1) is 0 Å². The zero-order chi connectivity index (χ0) is 20.2. The molecule has 0 aliphatic carbocycles. The van der Waals surface area contributed by atoms with E-state index in [1.165, 1.54) is 24.1 Å². The van der Waals surface area contributed by atoms with E-state index in [0.717, 1.165) is 50.8 Å². The topological polar surface area (TPSA) is 44.7 Å². The molecule has 0 amide bonds. The Kier molecular flexibility index (Phi) is 6.19. The summed E-state index contributed by atoms with van der Waals surface area (Å²) in [4.78, 5) is 16.5. The zero-order valence-corrected chi connectivity index (χ0v) is 17.9. The molecule has 6 heteroatoms. The maximum absolute atomic E-state index is 5.56. The highest BCUT2D eigenvalue weighted by molar-refractivity contribution is 5.58. The van der Waals surface area contributed by atoms with Crippen molar-refractivity contribution in [3.05, 3.63) is 42.4 Å². The molecule has 4 rings (SSSR count). The Morgan fingerprint density at radius 2 is 1.83 bits per heavy atom. The number of methoxy groups -OCH3 is 1. The number of aromatic nitrogens is 2. The summed E-state index contributed by atoms with van der Waals surface area (Å²) in [6.07, 6.45) is 6.17. The minimum absolute atomic E-state index is 0.441. The summed E-state index contributed by atoms with van der Waals surface area (Å²) in [5.41, 5.74) is 2.47. The highest BCUT2D eigenvalue weighted by Gasteiger charge is 2.30. The van der Waals surface area contributed by atoms with Crippen LogP contribution in [0.3, 0.4) is 0 Å². The van der Waals surface area contributed by atoms with Crippen LogP contribution >= 0.6 is 0 Å². The first kappa shape index (κ1) is 20.0. The minimum atomic E-state index is 0.441. The van der Waals surface area contributed by atoms with Gasteiger partial charge in [0.05, 0.1) is 12.8 Å². The van der Waals surface area contributed by atoms with Gasteiger partial charge in [0.15, 0.2) is 0 Å². The Labute approximate surface area is 174 Å². The molecule has 2 aromatic rings. The van der Waals surface area contributed by atoms with E-state index in [2.05, 4.69) is 56.7 Å². The van der Waals surface area contributed by atoms with Gasteiger partial charge in [0.1, 0.15) is 17.9 Å². The fourth-order valence-corrected chi connectivity index (χ4v) is 4.67. The molecule has 3 heterocycles. The Morgan fingerprint density at radius 3 is 2.59 bits per heavy atom. The summed E-state index contributed by atoms with van der Waals surface area (Å²) in [6, 6.07) is 8.94. The van der Waals surface area contributed by atoms with Crippen molar-refractivity contribution in [3.63, 3.8) is 0 Å². The largest absolute Gasteiger partial charge is 0.495 e. The number of rotatable bonds is 5. The average Bonchev–Trinajstić information content (AvgIpc) is 2.79. The first-order valence-electron chi connectivity index (χ1n) is 10.8. The first-order chi connectivity index (χ1) is 14.2. The van der Waals surface area contributed by atoms with Gasteiger partial charge in [-0.1, -0.05) is 26.0 Å². The van der Waals surface area contributed by atoms with Crippen molar-refractivity contribution in [2.45, 2.75) is 38.6 Å². The number of para-hydroxylation sites is 2. The Hall–Kier alpha value is -2.34. The third-order valence-corrected chi connectivity index (χ3v) is 6.29. The summed E-state index contributed by atoms with van der Waals surface area (Å²) < 4.78 is 5.56. The number of piperazine rings is 1. The lowest BCUT2D eigenvalue weighted by atomic mass is 10.0. The van der Waals surface area contributed by atoms with Crippen LogP contribution in [0.25, 0.3) is 0 Å². The van der Waals surface area contributed by atoms with E-state index in [1.54, 1.807) is 13.4 Å². The van der Waals surface area contributed by atoms with Gasteiger partial charge in [0.25, 0.3) is 0 Å². The molecule has 0 unspecified atom stereocenters. The van der Waals surface area contributed by atoms with Crippen molar-refractivity contribution >= 4 is 11.5 Å². The third-order valence-electron chi connectivity index (χ3n) is 6.29. The van der Waals surface area contributed by atoms with Crippen LogP contribution in [0, 0.1) is 0 Å². The molecule has 0 radical (unpaired) electrons. The molecular formula is C23H33N5O. The standard InChI is InChI=1S/C23H33N5O/c1-18(2)20-15-24-17-25-23(20)28-10-6-7-19(16-28)26-11-13-27(14-12-26)21-8-4-5-9-22(21)29-3/h4-5,8-9,15,17-19H,6-7,10-14,16H2,1-3H3/t19-/m0/s1. The van der Waals surface area contributed by atoms with E-state index in [0.29, 0.717) is 12.0 Å². The molecule has 156 valence electrons. The van der Waals surface area contributed by atoms with Gasteiger partial charge in [0, 0.05) is 57.1 Å². The van der Waals surface area contributed by atoms with E-state index in [4.69, 9.17) is 4.74 Å². The second kappa shape index (κ2) is 8.99. The number of anilines is 2. The van der Waals surface area contributed by atoms with Crippen molar-refractivity contribution in [1.29, 1.82) is 0 Å². The van der Waals surface area contributed by atoms with E-state index < -0.39 is 0 Å². The van der Waals surface area contributed by atoms with Crippen LogP contribution in [0.15, 0.2) is 36.8 Å². The van der Waals surface area contributed by atoms with Crippen molar-refractivity contribution < 1.29 is 4.74 Å². The SMILES string of the molecule is COc1ccccc1N1CCN([C@H]2CCCN(c3ncncc3C(C)C)C2)CC1. The van der Waals surface area contributed by atoms with E-state index >= 15 is 0 Å². The Balaban J connectivity index is 1.40. The predicted octanol–water partition coefficient (Wildman–Crippen LogP) is 3.40. The fourth-order valence-electron chi connectivity index (χ4n) is 4.67. The Morgan fingerprint density at radius 1 is 1.03 bits per heavy atom. The molecule has 2 saturated heterocycles. The molecule has 2 aliphatic heterocycles. The second-order valence-corrected chi connectivity index (χ2v) is 8.39. The van der Waals surface area contributed by atoms with E-state index in [-0.39, 0.29) is 0 Å². The normalized spacial score (nSPS) is 20.9. The summed E-state index contributed by atoms with van der Waals surface area (Å²) in [5.74, 6) is 2.54. The summed E-state index contributed by atoms with van der Waals surface area (Å²) in [6.45, 7) is 10.9. The summed E-state index contributed by atoms with van der Waals surface area (Å²) in [5, 5.41) is 0. The zero-order valence-electron chi connectivity index (χ0n) is 17.9. The van der Waals surface area contributed by atoms with Crippen LogP contribution in [-0.2, 0) is 0 Å². The molecule has 0 saturated carbocycles. The van der Waals surface area contributed by atoms with E-state index in [9.17, 15) is 0 Å². The van der Waals surface area contributed by atoms with Crippen LogP contribution in [0.4, 0.5) is 11.5 Å². The molecule has 0 N–H and O–H groups in total. The number of hydrogen-bond donors (Lipinski definition) is 0. The summed E-state index contributed by atoms with van der Waals surface area (Å²) in [7, 11) is 1.75. The molecule has 2 aliphatic rings. The monoisotopic (exact) mass is 395 g/mol. The van der Waals surface area contributed by atoms with Crippen molar-refractivity contribution in [2.24, 2.45) is 0 Å². The maximum Gasteiger partial charge on any atom is 0.142 e. The summed E-state index contributed by atoms with van der Waals surface area (Å²) >= 11 is 0. The van der Waals surface area contributed by atoms with Gasteiger partial charge < -0.3 is 14.5 Å². The maximum atomic E-state index is 5.56. The quantitative estimate of drug-likeness (QED) is 0.773. The van der Waals surface area contributed by atoms with Gasteiger partial charge in [-0.25, -0.2) is 9.97 Å². The lowest BCUT2D eigenvalue weighted by Gasteiger charge is -2.44. The number of benzene rings is 1. The highest BCUT2D eigenvalue weighted by Crippen LogP contribution is 2.31. The lowest BCUT2D eigenvalue weighted by Crippen LogP contribution is -2.55. The van der Waals surface area contributed by atoms with Gasteiger partial charge in [-0.2, -0.15) is 0 Å². The number of piperidine rings is 1. The smallest absolute Gasteiger partial charge is 0.142 e. The van der Waals surface area contributed by atoms with Gasteiger partial charge in [-0.05, 0) is 30.9 Å². The van der Waals surface area contributed by atoms with Gasteiger partial charge in [-0.3, -0.25) is 4.90 Å². The van der Waals surface area contributed by atoms with Gasteiger partial charge in [0.2, 0.25) is 0 Å². The van der Waals surface area contributed by atoms with Gasteiger partial charge >= 0.3 is 0 Å². The predicted molar refractivity (Wildman–Crippen MR) is 118 cm³/mol. The van der Waals surface area contributed by atoms with Crippen molar-refractivity contribution in [3.8, 4) is 5.75 Å². The molecule has 0 bridgehead atoms. The number of ether oxygens (including phenoxy) is 1. The molecule has 0 spiro atoms. The van der Waals surface area contributed by atoms with Crippen LogP contribution in [0.5, 0.6) is 5.75 Å². The molecule has 29 heavy (non-hydrogen) atoms. The number of hydrogen-bond acceptors (Lipinski definition) is 6. The highest BCUT2D eigenvalue weighted by atomic mass is 16.5. The fraction of sp³-hybridized carbons (Fsp3) is 0.565. The Bertz CT molecular complexity index is 803. The van der Waals surface area contributed by atoms with Crippen molar-refractivity contribution in [1.82, 2.24) is 14.9 Å². The average molecular weight is 396 g/mol. The number of nitrogens with zero attached hydrogens (tertiary/aromatic N) is 5. The van der Waals surface area contributed by atoms with Crippen LogP contribution < -0.4 is 14.5 Å². The molecule has 1 atom stereocenters. The van der Waals surface area contributed by atoms with Crippen LogP contribution in [0.2, 0.25) is 0 Å². The minimum Gasteiger partial charge on any atom is -0.495 e. The first-order valence-corrected chi connectivity index (χ1v) is 10.8.